The minimum absolute atomic E-state index is 0.390. The van der Waals surface area contributed by atoms with Crippen LogP contribution < -0.4 is 5.32 Å². The second-order valence-corrected chi connectivity index (χ2v) is 6.27. The summed E-state index contributed by atoms with van der Waals surface area (Å²) in [5, 5.41) is 13.4. The second kappa shape index (κ2) is 7.36. The Kier molecular flexibility index (Phi) is 5.25. The lowest BCUT2D eigenvalue weighted by Gasteiger charge is -2.18. The van der Waals surface area contributed by atoms with Crippen molar-refractivity contribution < 1.29 is 9.84 Å². The summed E-state index contributed by atoms with van der Waals surface area (Å²) < 4.78 is 5.57. The zero-order valence-corrected chi connectivity index (χ0v) is 12.6. The third kappa shape index (κ3) is 4.78. The summed E-state index contributed by atoms with van der Waals surface area (Å²) >= 11 is 0. The number of ether oxygens (including phenoxy) is 1. The normalized spacial score (nSPS) is 24.3. The molecule has 0 bridgehead atoms. The van der Waals surface area contributed by atoms with Gasteiger partial charge in [-0.1, -0.05) is 30.3 Å². The Balaban J connectivity index is 1.27. The van der Waals surface area contributed by atoms with Gasteiger partial charge in [0, 0.05) is 31.7 Å². The van der Waals surface area contributed by atoms with E-state index in [9.17, 15) is 5.11 Å². The van der Waals surface area contributed by atoms with E-state index >= 15 is 0 Å². The first kappa shape index (κ1) is 15.0. The van der Waals surface area contributed by atoms with Crippen LogP contribution in [0, 0.1) is 0 Å². The van der Waals surface area contributed by atoms with Gasteiger partial charge in [-0.05, 0) is 24.8 Å². The van der Waals surface area contributed by atoms with Crippen molar-refractivity contribution in [3.63, 3.8) is 0 Å². The van der Waals surface area contributed by atoms with Gasteiger partial charge in [0.2, 0.25) is 0 Å². The molecule has 0 amide bonds. The van der Waals surface area contributed by atoms with E-state index < -0.39 is 6.10 Å². The third-order valence-corrected chi connectivity index (χ3v) is 4.35. The van der Waals surface area contributed by atoms with Gasteiger partial charge in [-0.15, -0.1) is 0 Å². The molecular weight excluding hydrogens is 264 g/mol. The molecule has 2 fully saturated rings. The highest BCUT2D eigenvalue weighted by Gasteiger charge is 2.34. The lowest BCUT2D eigenvalue weighted by atomic mass is 10.2. The van der Waals surface area contributed by atoms with E-state index in [-0.39, 0.29) is 0 Å². The standard InChI is InChI=1S/C17H26N2O2/c20-17(13-21-12-14-4-2-1-3-5-14)10-18-15-8-9-19(11-15)16-6-7-16/h1-5,15-18,20H,6-13H2. The molecule has 2 N–H and O–H groups in total. The van der Waals surface area contributed by atoms with E-state index in [0.717, 1.165) is 18.2 Å². The van der Waals surface area contributed by atoms with Crippen LogP contribution in [0.2, 0.25) is 0 Å². The molecule has 4 heteroatoms. The molecule has 4 nitrogen and oxygen atoms in total. The number of hydrogen-bond acceptors (Lipinski definition) is 4. The van der Waals surface area contributed by atoms with Gasteiger partial charge in [0.25, 0.3) is 0 Å². The Morgan fingerprint density at radius 2 is 2.05 bits per heavy atom. The highest BCUT2D eigenvalue weighted by molar-refractivity contribution is 5.13. The predicted molar refractivity (Wildman–Crippen MR) is 83.1 cm³/mol. The number of aliphatic hydroxyl groups is 1. The molecule has 2 unspecified atom stereocenters. The number of likely N-dealkylation sites (tertiary alicyclic amines) is 1. The Hall–Kier alpha value is -0.940. The molecule has 1 aliphatic carbocycles. The van der Waals surface area contributed by atoms with Crippen molar-refractivity contribution in [3.8, 4) is 0 Å². The lowest BCUT2D eigenvalue weighted by molar-refractivity contribution is 0.0277. The molecule has 1 heterocycles. The lowest BCUT2D eigenvalue weighted by Crippen LogP contribution is -2.39. The molecule has 0 spiro atoms. The Bertz CT molecular complexity index is 422. The average molecular weight is 290 g/mol. The van der Waals surface area contributed by atoms with E-state index in [1.807, 2.05) is 30.3 Å². The van der Waals surface area contributed by atoms with E-state index in [1.165, 1.54) is 25.8 Å². The molecule has 0 radical (unpaired) electrons. The van der Waals surface area contributed by atoms with Crippen molar-refractivity contribution >= 4 is 0 Å². The van der Waals surface area contributed by atoms with Crippen LogP contribution in [0.3, 0.4) is 0 Å². The van der Waals surface area contributed by atoms with E-state index in [0.29, 0.717) is 25.8 Å². The predicted octanol–water partition coefficient (Wildman–Crippen LogP) is 1.39. The van der Waals surface area contributed by atoms with Gasteiger partial charge in [0.05, 0.1) is 19.3 Å². The Morgan fingerprint density at radius 1 is 1.24 bits per heavy atom. The van der Waals surface area contributed by atoms with Crippen molar-refractivity contribution in [2.45, 2.75) is 44.1 Å². The van der Waals surface area contributed by atoms with Crippen LogP contribution in [0.1, 0.15) is 24.8 Å². The third-order valence-electron chi connectivity index (χ3n) is 4.35. The minimum Gasteiger partial charge on any atom is -0.389 e. The first-order valence-corrected chi connectivity index (χ1v) is 8.08. The van der Waals surface area contributed by atoms with Crippen molar-refractivity contribution in [2.75, 3.05) is 26.2 Å². The monoisotopic (exact) mass is 290 g/mol. The maximum atomic E-state index is 9.97. The van der Waals surface area contributed by atoms with Crippen molar-refractivity contribution in [3.05, 3.63) is 35.9 Å². The van der Waals surface area contributed by atoms with E-state index in [2.05, 4.69) is 10.2 Å². The zero-order chi connectivity index (χ0) is 14.5. The minimum atomic E-state index is -0.427. The molecule has 1 saturated heterocycles. The molecule has 2 atom stereocenters. The summed E-state index contributed by atoms with van der Waals surface area (Å²) in [6, 6.07) is 11.5. The molecule has 1 saturated carbocycles. The quantitative estimate of drug-likeness (QED) is 0.759. The smallest absolute Gasteiger partial charge is 0.0897 e. The van der Waals surface area contributed by atoms with Crippen molar-refractivity contribution in [1.82, 2.24) is 10.2 Å². The second-order valence-electron chi connectivity index (χ2n) is 6.27. The summed E-state index contributed by atoms with van der Waals surface area (Å²) in [5.41, 5.74) is 1.15. The van der Waals surface area contributed by atoms with Crippen LogP contribution in [-0.4, -0.2) is 54.4 Å². The molecule has 21 heavy (non-hydrogen) atoms. The summed E-state index contributed by atoms with van der Waals surface area (Å²) in [4.78, 5) is 2.58. The molecule has 1 aliphatic heterocycles. The van der Waals surface area contributed by atoms with Crippen molar-refractivity contribution in [2.24, 2.45) is 0 Å². The molecule has 2 aliphatic rings. The van der Waals surface area contributed by atoms with Gasteiger partial charge in [0.1, 0.15) is 0 Å². The Labute approximate surface area is 127 Å². The van der Waals surface area contributed by atoms with Crippen LogP contribution in [0.4, 0.5) is 0 Å². The average Bonchev–Trinajstić information content (AvgIpc) is 3.25. The highest BCUT2D eigenvalue weighted by atomic mass is 16.5. The molecule has 0 aromatic heterocycles. The van der Waals surface area contributed by atoms with Crippen LogP contribution in [0.25, 0.3) is 0 Å². The van der Waals surface area contributed by atoms with E-state index in [4.69, 9.17) is 4.74 Å². The molecule has 116 valence electrons. The summed E-state index contributed by atoms with van der Waals surface area (Å²) in [5.74, 6) is 0. The summed E-state index contributed by atoms with van der Waals surface area (Å²) in [6.07, 6.45) is 3.53. The number of benzene rings is 1. The maximum Gasteiger partial charge on any atom is 0.0897 e. The van der Waals surface area contributed by atoms with Gasteiger partial charge < -0.3 is 15.2 Å². The number of hydrogen-bond donors (Lipinski definition) is 2. The highest BCUT2D eigenvalue weighted by Crippen LogP contribution is 2.29. The van der Waals surface area contributed by atoms with Crippen LogP contribution >= 0.6 is 0 Å². The fourth-order valence-corrected chi connectivity index (χ4v) is 2.97. The molecular formula is C17H26N2O2. The Morgan fingerprint density at radius 3 is 2.81 bits per heavy atom. The van der Waals surface area contributed by atoms with Gasteiger partial charge in [-0.3, -0.25) is 4.90 Å². The van der Waals surface area contributed by atoms with Crippen LogP contribution in [-0.2, 0) is 11.3 Å². The van der Waals surface area contributed by atoms with Crippen LogP contribution in [0.15, 0.2) is 30.3 Å². The number of rotatable bonds is 8. The molecule has 1 aromatic carbocycles. The first-order chi connectivity index (χ1) is 10.3. The number of aliphatic hydroxyl groups excluding tert-OH is 1. The molecule has 3 rings (SSSR count). The van der Waals surface area contributed by atoms with Gasteiger partial charge in [-0.2, -0.15) is 0 Å². The number of nitrogens with zero attached hydrogens (tertiary/aromatic N) is 1. The van der Waals surface area contributed by atoms with Gasteiger partial charge >= 0.3 is 0 Å². The SMILES string of the molecule is OC(CNC1CCN(C2CC2)C1)COCc1ccccc1. The molecule has 1 aromatic rings. The van der Waals surface area contributed by atoms with Crippen LogP contribution in [0.5, 0.6) is 0 Å². The summed E-state index contributed by atoms with van der Waals surface area (Å²) in [7, 11) is 0. The van der Waals surface area contributed by atoms with Gasteiger partial charge in [-0.25, -0.2) is 0 Å². The zero-order valence-electron chi connectivity index (χ0n) is 12.6. The fraction of sp³-hybridized carbons (Fsp3) is 0.647. The largest absolute Gasteiger partial charge is 0.389 e. The first-order valence-electron chi connectivity index (χ1n) is 8.08. The number of nitrogens with one attached hydrogen (secondary N) is 1. The maximum absolute atomic E-state index is 9.97. The van der Waals surface area contributed by atoms with Gasteiger partial charge in [0.15, 0.2) is 0 Å². The fourth-order valence-electron chi connectivity index (χ4n) is 2.97. The van der Waals surface area contributed by atoms with E-state index in [1.54, 1.807) is 0 Å². The van der Waals surface area contributed by atoms with Crippen molar-refractivity contribution in [1.29, 1.82) is 0 Å². The summed E-state index contributed by atoms with van der Waals surface area (Å²) in [6.45, 7) is 3.93. The topological polar surface area (TPSA) is 44.7 Å².